The van der Waals surface area contributed by atoms with E-state index in [1.807, 2.05) is 24.4 Å². The smallest absolute Gasteiger partial charge is 0.269 e. The molecule has 0 saturated heterocycles. The number of carbonyl (C=O) groups is 1. The van der Waals surface area contributed by atoms with Gasteiger partial charge in [0.2, 0.25) is 0 Å². The van der Waals surface area contributed by atoms with Crippen LogP contribution in [-0.4, -0.2) is 21.0 Å². The Balaban J connectivity index is 1.67. The number of anilines is 2. The van der Waals surface area contributed by atoms with E-state index in [4.69, 9.17) is 0 Å². The summed E-state index contributed by atoms with van der Waals surface area (Å²) < 4.78 is 0. The van der Waals surface area contributed by atoms with Crippen molar-refractivity contribution in [3.05, 3.63) is 79.8 Å². The van der Waals surface area contributed by atoms with Crippen LogP contribution in [0.5, 0.6) is 0 Å². The van der Waals surface area contributed by atoms with Gasteiger partial charge in [-0.25, -0.2) is 0 Å². The van der Waals surface area contributed by atoms with Gasteiger partial charge >= 0.3 is 0 Å². The van der Waals surface area contributed by atoms with Gasteiger partial charge in [0, 0.05) is 39.5 Å². The van der Waals surface area contributed by atoms with E-state index in [1.54, 1.807) is 17.5 Å². The summed E-state index contributed by atoms with van der Waals surface area (Å²) in [6.07, 6.45) is 1.72. The fourth-order valence-corrected chi connectivity index (χ4v) is 4.01. The van der Waals surface area contributed by atoms with Gasteiger partial charge in [0.05, 0.1) is 17.0 Å². The first-order chi connectivity index (χ1) is 13.0. The number of benzene rings is 1. The van der Waals surface area contributed by atoms with Crippen molar-refractivity contribution >= 4 is 34.4 Å². The number of H-pyrrole nitrogens is 1. The number of rotatable bonds is 4. The number of nitro benzene ring substituents is 1. The average Bonchev–Trinajstić information content (AvgIpc) is 3.32. The van der Waals surface area contributed by atoms with Gasteiger partial charge in [0.1, 0.15) is 5.82 Å². The summed E-state index contributed by atoms with van der Waals surface area (Å²) in [6, 6.07) is 9.70. The number of aromatic nitrogens is 2. The highest BCUT2D eigenvalue weighted by atomic mass is 32.1. The van der Waals surface area contributed by atoms with Crippen LogP contribution in [0.3, 0.4) is 0 Å². The third kappa shape index (κ3) is 3.08. The largest absolute Gasteiger partial charge is 0.344 e. The summed E-state index contributed by atoms with van der Waals surface area (Å²) in [6.45, 7) is 1.84. The van der Waals surface area contributed by atoms with Crippen LogP contribution in [0.1, 0.15) is 23.3 Å². The lowest BCUT2D eigenvalue weighted by Gasteiger charge is -2.26. The Bertz CT molecular complexity index is 1040. The first-order valence-electron chi connectivity index (χ1n) is 8.15. The lowest BCUT2D eigenvalue weighted by Crippen LogP contribution is -2.26. The Morgan fingerprint density at radius 3 is 2.74 bits per heavy atom. The lowest BCUT2D eigenvalue weighted by molar-refractivity contribution is -0.384. The van der Waals surface area contributed by atoms with E-state index < -0.39 is 4.92 Å². The maximum absolute atomic E-state index is 13.1. The molecule has 2 aromatic heterocycles. The van der Waals surface area contributed by atoms with Crippen LogP contribution >= 0.6 is 11.3 Å². The van der Waals surface area contributed by atoms with Crippen LogP contribution in [0.15, 0.2) is 59.2 Å². The van der Waals surface area contributed by atoms with Gasteiger partial charge in [-0.05, 0) is 30.5 Å². The molecule has 9 heteroatoms. The number of amides is 1. The van der Waals surface area contributed by atoms with Crippen molar-refractivity contribution in [1.29, 1.82) is 0 Å². The molecule has 3 N–H and O–H groups in total. The number of hydrogen-bond acceptors (Lipinski definition) is 6. The maximum atomic E-state index is 13.1. The Hall–Kier alpha value is -3.46. The third-order valence-electron chi connectivity index (χ3n) is 4.39. The number of nitrogens with zero attached hydrogens (tertiary/aromatic N) is 2. The van der Waals surface area contributed by atoms with Gasteiger partial charge in [-0.1, -0.05) is 6.07 Å². The molecule has 3 heterocycles. The second-order valence-corrected chi connectivity index (χ2v) is 7.05. The van der Waals surface area contributed by atoms with Crippen LogP contribution in [-0.2, 0) is 4.79 Å². The van der Waals surface area contributed by atoms with Crippen molar-refractivity contribution in [3.63, 3.8) is 0 Å². The van der Waals surface area contributed by atoms with E-state index in [1.165, 1.54) is 24.3 Å². The van der Waals surface area contributed by atoms with Crippen LogP contribution in [0.4, 0.5) is 17.2 Å². The van der Waals surface area contributed by atoms with E-state index in [2.05, 4.69) is 20.8 Å². The highest BCUT2D eigenvalue weighted by molar-refractivity contribution is 7.10. The summed E-state index contributed by atoms with van der Waals surface area (Å²) in [5.41, 5.74) is 2.68. The lowest BCUT2D eigenvalue weighted by atomic mass is 9.86. The van der Waals surface area contributed by atoms with E-state index >= 15 is 0 Å². The molecule has 1 atom stereocenters. The zero-order valence-electron chi connectivity index (χ0n) is 14.2. The third-order valence-corrected chi connectivity index (χ3v) is 5.33. The fourth-order valence-electron chi connectivity index (χ4n) is 3.16. The van der Waals surface area contributed by atoms with E-state index in [-0.39, 0.29) is 17.5 Å². The molecule has 0 saturated carbocycles. The van der Waals surface area contributed by atoms with Gasteiger partial charge in [-0.15, -0.1) is 11.3 Å². The van der Waals surface area contributed by atoms with Gasteiger partial charge in [0.15, 0.2) is 0 Å². The van der Waals surface area contributed by atoms with E-state index in [9.17, 15) is 14.9 Å². The molecular formula is C18H15N5O3S. The second kappa shape index (κ2) is 6.69. The summed E-state index contributed by atoms with van der Waals surface area (Å²) in [4.78, 5) is 24.4. The monoisotopic (exact) mass is 381 g/mol. The number of allylic oxidation sites excluding steroid dienone is 1. The normalized spacial score (nSPS) is 15.8. The van der Waals surface area contributed by atoms with Crippen molar-refractivity contribution in [2.24, 2.45) is 0 Å². The quantitative estimate of drug-likeness (QED) is 0.469. The highest BCUT2D eigenvalue weighted by Crippen LogP contribution is 2.42. The number of nitro groups is 1. The minimum absolute atomic E-state index is 0.0257. The Morgan fingerprint density at radius 2 is 2.07 bits per heavy atom. The molecule has 0 spiro atoms. The highest BCUT2D eigenvalue weighted by Gasteiger charge is 2.34. The topological polar surface area (TPSA) is 113 Å². The second-order valence-electron chi connectivity index (χ2n) is 6.07. The van der Waals surface area contributed by atoms with Crippen LogP contribution in [0.2, 0.25) is 0 Å². The van der Waals surface area contributed by atoms with Gasteiger partial charge in [-0.3, -0.25) is 20.0 Å². The number of carbonyl (C=O) groups excluding carboxylic acids is 1. The first-order valence-corrected chi connectivity index (χ1v) is 9.03. The SMILES string of the molecule is CC1=C(C(=O)Nc2ccc([N+](=O)[O-])cc2)C(c2cccs2)c2cn[nH]c2N1. The summed E-state index contributed by atoms with van der Waals surface area (Å²) in [5, 5.41) is 25.8. The molecule has 1 amide bonds. The summed E-state index contributed by atoms with van der Waals surface area (Å²) in [5.74, 6) is 0.273. The molecule has 27 heavy (non-hydrogen) atoms. The van der Waals surface area contributed by atoms with Gasteiger partial charge in [0.25, 0.3) is 11.6 Å². The average molecular weight is 381 g/mol. The zero-order valence-corrected chi connectivity index (χ0v) is 15.0. The van der Waals surface area contributed by atoms with E-state index in [0.29, 0.717) is 11.3 Å². The van der Waals surface area contributed by atoms with Crippen molar-refractivity contribution in [3.8, 4) is 0 Å². The van der Waals surface area contributed by atoms with Crippen molar-refractivity contribution in [2.75, 3.05) is 10.6 Å². The molecule has 4 rings (SSSR count). The van der Waals surface area contributed by atoms with Crippen LogP contribution in [0.25, 0.3) is 0 Å². The molecular weight excluding hydrogens is 366 g/mol. The number of nitrogens with one attached hydrogen (secondary N) is 3. The van der Waals surface area contributed by atoms with Gasteiger partial charge < -0.3 is 10.6 Å². The van der Waals surface area contributed by atoms with Gasteiger partial charge in [-0.2, -0.15) is 5.10 Å². The Morgan fingerprint density at radius 1 is 1.30 bits per heavy atom. The Kier molecular flexibility index (Phi) is 4.21. The standard InChI is InChI=1S/C18H15N5O3S/c1-10-15(18(24)21-11-4-6-12(7-5-11)23(25)26)16(14-3-2-8-27-14)13-9-19-22-17(13)20-10/h2-9,16H,1H3,(H,21,24)(H2,19,20,22). The molecule has 0 radical (unpaired) electrons. The molecule has 1 aromatic carbocycles. The number of thiophene rings is 1. The van der Waals surface area contributed by atoms with Crippen LogP contribution in [0, 0.1) is 10.1 Å². The molecule has 1 unspecified atom stereocenters. The van der Waals surface area contributed by atoms with E-state index in [0.717, 1.165) is 22.0 Å². The molecule has 1 aliphatic heterocycles. The minimum atomic E-state index is -0.476. The van der Waals surface area contributed by atoms with Crippen molar-refractivity contribution in [2.45, 2.75) is 12.8 Å². The predicted molar refractivity (Wildman–Crippen MR) is 103 cm³/mol. The fraction of sp³-hybridized carbons (Fsp3) is 0.111. The summed E-state index contributed by atoms with van der Waals surface area (Å²) in [7, 11) is 0. The molecule has 0 aliphatic carbocycles. The summed E-state index contributed by atoms with van der Waals surface area (Å²) >= 11 is 1.57. The molecule has 3 aromatic rings. The van der Waals surface area contributed by atoms with Crippen molar-refractivity contribution in [1.82, 2.24) is 10.2 Å². The van der Waals surface area contributed by atoms with Crippen molar-refractivity contribution < 1.29 is 9.72 Å². The number of fused-ring (bicyclic) bond motifs is 1. The molecule has 0 fully saturated rings. The maximum Gasteiger partial charge on any atom is 0.269 e. The molecule has 136 valence electrons. The zero-order chi connectivity index (χ0) is 19.0. The van der Waals surface area contributed by atoms with Crippen LogP contribution < -0.4 is 10.6 Å². The predicted octanol–water partition coefficient (Wildman–Crippen LogP) is 3.85. The first kappa shape index (κ1) is 17.0. The molecule has 1 aliphatic rings. The number of non-ortho nitro benzene ring substituents is 1. The Labute approximate surface area is 158 Å². The molecule has 0 bridgehead atoms. The number of aromatic amines is 1. The molecule has 8 nitrogen and oxygen atoms in total. The number of hydrogen-bond donors (Lipinski definition) is 3. The minimum Gasteiger partial charge on any atom is -0.344 e.